The molecule has 0 aromatic heterocycles. The molecule has 0 radical (unpaired) electrons. The Hall–Kier alpha value is -3.00. The molecule has 0 heterocycles. The fraction of sp³-hybridized carbons (Fsp3) is 0.609. The van der Waals surface area contributed by atoms with E-state index in [4.69, 9.17) is 23.8 Å². The average Bonchev–Trinajstić information content (AvgIpc) is 3.22. The summed E-state index contributed by atoms with van der Waals surface area (Å²) in [5.41, 5.74) is 0. The van der Waals surface area contributed by atoms with Crippen LogP contribution in [-0.2, 0) is 41.8 Å². The topological polar surface area (TPSA) is 216 Å². The lowest BCUT2D eigenvalue weighted by molar-refractivity contribution is -0.161. The first-order valence-corrected chi connectivity index (χ1v) is 25.1. The summed E-state index contributed by atoms with van der Waals surface area (Å²) in [5, 5.41) is 20.0. The van der Waals surface area contributed by atoms with Gasteiger partial charge in [0.25, 0.3) is 0 Å². The highest BCUT2D eigenvalue weighted by atomic mass is 31.2. The number of aliphatic hydroxyl groups excluding tert-OH is 2. The van der Waals surface area contributed by atoms with Crippen LogP contribution in [0, 0.1) is 0 Å². The van der Waals surface area contributed by atoms with Gasteiger partial charge < -0.3 is 34.4 Å². The maximum Gasteiger partial charge on any atom is 0.472 e. The van der Waals surface area contributed by atoms with Crippen molar-refractivity contribution in [3.63, 3.8) is 0 Å². The lowest BCUT2D eigenvalue weighted by Crippen LogP contribution is -2.30. The molecule has 5 N–H and O–H groups in total. The van der Waals surface area contributed by atoms with Crippen LogP contribution in [0.5, 0.6) is 0 Å². The molecule has 0 bridgehead atoms. The Morgan fingerprint density at radius 1 is 0.548 bits per heavy atom. The maximum absolute atomic E-state index is 12.7. The predicted molar refractivity (Wildman–Crippen MR) is 245 cm³/mol. The highest BCUT2D eigenvalue weighted by Gasteiger charge is 2.28. The van der Waals surface area contributed by atoms with E-state index in [1.54, 1.807) is 12.2 Å². The number of carbonyl (C=O) groups is 2. The molecule has 0 rings (SSSR count). The summed E-state index contributed by atoms with van der Waals surface area (Å²) in [6, 6.07) is 0. The smallest absolute Gasteiger partial charge is 0.462 e. The minimum Gasteiger partial charge on any atom is -0.462 e. The third-order valence-corrected chi connectivity index (χ3v) is 9.99. The van der Waals surface area contributed by atoms with Crippen LogP contribution in [0.15, 0.2) is 97.2 Å². The summed E-state index contributed by atoms with van der Waals surface area (Å²) in [6.07, 6.45) is 44.3. The second-order valence-electron chi connectivity index (χ2n) is 14.4. The summed E-state index contributed by atoms with van der Waals surface area (Å²) in [7, 11) is -9.77. The van der Waals surface area contributed by atoms with E-state index >= 15 is 0 Å². The Morgan fingerprint density at radius 3 is 1.66 bits per heavy atom. The number of aliphatic hydroxyl groups is 2. The third kappa shape index (κ3) is 43.6. The molecule has 62 heavy (non-hydrogen) atoms. The number of esters is 2. The molecule has 0 aromatic rings. The van der Waals surface area contributed by atoms with E-state index in [0.717, 1.165) is 70.6 Å². The summed E-state index contributed by atoms with van der Waals surface area (Å²) in [6.45, 7) is 1.35. The number of carbonyl (C=O) groups excluding carboxylic acids is 2. The van der Waals surface area contributed by atoms with E-state index in [1.165, 1.54) is 19.3 Å². The summed E-state index contributed by atoms with van der Waals surface area (Å²) in [5.74, 6) is -1.27. The first kappa shape index (κ1) is 59.0. The van der Waals surface area contributed by atoms with E-state index in [1.807, 2.05) is 12.2 Å². The van der Waals surface area contributed by atoms with Gasteiger partial charge in [0.2, 0.25) is 0 Å². The zero-order valence-electron chi connectivity index (χ0n) is 37.0. The number of phosphoric acid groups is 2. The Labute approximate surface area is 371 Å². The quantitative estimate of drug-likeness (QED) is 0.0127. The molecule has 0 aliphatic rings. The molecule has 4 atom stereocenters. The Bertz CT molecular complexity index is 1480. The van der Waals surface area contributed by atoms with Crippen molar-refractivity contribution >= 4 is 27.6 Å². The van der Waals surface area contributed by atoms with Gasteiger partial charge in [-0.05, 0) is 83.5 Å². The van der Waals surface area contributed by atoms with Crippen LogP contribution in [0.3, 0.4) is 0 Å². The van der Waals surface area contributed by atoms with Crippen molar-refractivity contribution in [1.29, 1.82) is 0 Å². The second-order valence-corrected chi connectivity index (χ2v) is 17.1. The lowest BCUT2D eigenvalue weighted by atomic mass is 10.1. The molecule has 0 aromatic carbocycles. The number of allylic oxidation sites excluding steroid dienone is 15. The lowest BCUT2D eigenvalue weighted by Gasteiger charge is -2.20. The fourth-order valence-electron chi connectivity index (χ4n) is 5.20. The molecule has 0 saturated heterocycles. The maximum atomic E-state index is 12.7. The van der Waals surface area contributed by atoms with Crippen LogP contribution in [-0.4, -0.2) is 81.6 Å². The van der Waals surface area contributed by atoms with Gasteiger partial charge in [-0.1, -0.05) is 137 Å². The zero-order valence-corrected chi connectivity index (χ0v) is 38.8. The van der Waals surface area contributed by atoms with Crippen LogP contribution in [0.2, 0.25) is 0 Å². The van der Waals surface area contributed by atoms with Crippen molar-refractivity contribution in [2.24, 2.45) is 0 Å². The number of hydrogen-bond donors (Lipinski definition) is 5. The average molecular weight is 915 g/mol. The third-order valence-electron chi connectivity index (χ3n) is 8.55. The van der Waals surface area contributed by atoms with Gasteiger partial charge in [-0.3, -0.25) is 23.2 Å². The van der Waals surface area contributed by atoms with Crippen molar-refractivity contribution in [2.45, 2.75) is 154 Å². The molecule has 0 aliphatic heterocycles. The standard InChI is InChI=1S/C46H76O14P2/c1-3-5-7-9-11-13-15-17-18-19-20-22-24-26-28-30-32-36-45(49)56-40-44(41-59-62(54,55)58-39-43(48)38-57-61(51,52)53)60-46(50)37-33-35-42(47)34-31-29-27-25-23-21-16-14-12-10-8-6-4-2/h6,8,11-14,17-18,20-23,27,29,31,34,42-44,47-48H,3-5,7,9-10,15-16,19,24-26,28,30,32-33,35-41H2,1-2H3,(H,54,55)(H2,51,52,53)/b8-6-,13-11-,14-12-,18-17-,22-20-,23-21-,29-27-,34-31+/t42?,43-,44+/m0/s1. The van der Waals surface area contributed by atoms with Crippen molar-refractivity contribution in [2.75, 3.05) is 26.4 Å². The van der Waals surface area contributed by atoms with Gasteiger partial charge >= 0.3 is 27.6 Å². The molecule has 0 saturated carbocycles. The van der Waals surface area contributed by atoms with E-state index in [-0.39, 0.29) is 25.7 Å². The van der Waals surface area contributed by atoms with Crippen LogP contribution >= 0.6 is 15.6 Å². The van der Waals surface area contributed by atoms with Gasteiger partial charge in [-0.15, -0.1) is 0 Å². The van der Waals surface area contributed by atoms with Gasteiger partial charge in [0.1, 0.15) is 12.7 Å². The summed E-state index contributed by atoms with van der Waals surface area (Å²) in [4.78, 5) is 52.7. The van der Waals surface area contributed by atoms with Gasteiger partial charge in [0.05, 0.1) is 25.9 Å². The number of hydrogen-bond acceptors (Lipinski definition) is 11. The Kier molecular flexibility index (Phi) is 38.8. The molecular weight excluding hydrogens is 838 g/mol. The van der Waals surface area contributed by atoms with Crippen molar-refractivity contribution < 1.29 is 66.7 Å². The normalized spacial score (nSPS) is 15.4. The van der Waals surface area contributed by atoms with Crippen molar-refractivity contribution in [1.82, 2.24) is 0 Å². The molecular formula is C46H76O14P2. The highest BCUT2D eigenvalue weighted by molar-refractivity contribution is 7.47. The van der Waals surface area contributed by atoms with E-state index in [0.29, 0.717) is 6.42 Å². The van der Waals surface area contributed by atoms with Crippen molar-refractivity contribution in [3.8, 4) is 0 Å². The van der Waals surface area contributed by atoms with Gasteiger partial charge in [-0.25, -0.2) is 9.13 Å². The van der Waals surface area contributed by atoms with Crippen LogP contribution in [0.25, 0.3) is 0 Å². The minimum absolute atomic E-state index is 0.110. The van der Waals surface area contributed by atoms with Gasteiger partial charge in [0, 0.05) is 12.8 Å². The SMILES string of the molecule is CC/C=C\C/C=C\C/C=C\C/C=C\C=C\C(O)CCCC(=O)O[C@H](COC(=O)CCCCCC/C=C\C/C=C\C/C=C\CCCCC)COP(=O)(O)OC[C@@H](O)COP(=O)(O)O. The fourth-order valence-corrected chi connectivity index (χ4v) is 6.36. The Morgan fingerprint density at radius 2 is 1.06 bits per heavy atom. The highest BCUT2D eigenvalue weighted by Crippen LogP contribution is 2.43. The molecule has 0 fully saturated rings. The first-order chi connectivity index (χ1) is 29.8. The predicted octanol–water partition coefficient (Wildman–Crippen LogP) is 10.3. The number of rotatable bonds is 40. The van der Waals surface area contributed by atoms with E-state index in [2.05, 4.69) is 95.8 Å². The van der Waals surface area contributed by atoms with E-state index < -0.39 is 72.3 Å². The van der Waals surface area contributed by atoms with Crippen LogP contribution in [0.1, 0.15) is 136 Å². The van der Waals surface area contributed by atoms with E-state index in [9.17, 15) is 33.8 Å². The molecule has 14 nitrogen and oxygen atoms in total. The molecule has 0 aliphatic carbocycles. The zero-order chi connectivity index (χ0) is 46.0. The first-order valence-electron chi connectivity index (χ1n) is 22.0. The van der Waals surface area contributed by atoms with Crippen LogP contribution in [0.4, 0.5) is 0 Å². The molecule has 2 unspecified atom stereocenters. The monoisotopic (exact) mass is 914 g/mol. The minimum atomic E-state index is -4.89. The number of ether oxygens (including phenoxy) is 2. The number of unbranched alkanes of at least 4 members (excludes halogenated alkanes) is 7. The molecule has 16 heteroatoms. The number of phosphoric ester groups is 2. The molecule has 354 valence electrons. The molecule has 0 spiro atoms. The largest absolute Gasteiger partial charge is 0.472 e. The summed E-state index contributed by atoms with van der Waals surface area (Å²) >= 11 is 0. The van der Waals surface area contributed by atoms with Crippen molar-refractivity contribution in [3.05, 3.63) is 97.2 Å². The second kappa shape index (κ2) is 40.8. The van der Waals surface area contributed by atoms with Crippen LogP contribution < -0.4 is 0 Å². The molecule has 0 amide bonds. The van der Waals surface area contributed by atoms with Gasteiger partial charge in [0.15, 0.2) is 6.10 Å². The Balaban J connectivity index is 4.77. The van der Waals surface area contributed by atoms with Gasteiger partial charge in [-0.2, -0.15) is 0 Å². The summed E-state index contributed by atoms with van der Waals surface area (Å²) < 4.78 is 47.6.